The molecule has 1 atom stereocenters. The molecule has 3 aromatic rings. The van der Waals surface area contributed by atoms with Crippen LogP contribution in [0.2, 0.25) is 0 Å². The van der Waals surface area contributed by atoms with E-state index >= 15 is 0 Å². The molecule has 158 valence electrons. The number of hydrogen-bond acceptors (Lipinski definition) is 9. The third-order valence-electron chi connectivity index (χ3n) is 3.93. The Morgan fingerprint density at radius 1 is 1.10 bits per heavy atom. The van der Waals surface area contributed by atoms with Gasteiger partial charge in [0.05, 0.1) is 26.0 Å². The summed E-state index contributed by atoms with van der Waals surface area (Å²) in [4.78, 5) is 40.6. The first-order valence-corrected chi connectivity index (χ1v) is 8.52. The summed E-state index contributed by atoms with van der Waals surface area (Å²) in [6.45, 7) is 1.90. The van der Waals surface area contributed by atoms with E-state index in [1.54, 1.807) is 12.1 Å². The highest BCUT2D eigenvalue weighted by Crippen LogP contribution is 2.16. The molecule has 11 heteroatoms. The van der Waals surface area contributed by atoms with Crippen molar-refractivity contribution >= 4 is 23.7 Å². The van der Waals surface area contributed by atoms with Crippen molar-refractivity contribution in [1.82, 2.24) is 14.4 Å². The second-order valence-corrected chi connectivity index (χ2v) is 5.98. The molecule has 0 radical (unpaired) electrons. The number of aromatic hydroxyl groups is 1. The number of methoxy groups -OCH3 is 2. The number of carboxylic acids is 1. The van der Waals surface area contributed by atoms with Gasteiger partial charge in [-0.1, -0.05) is 12.1 Å². The minimum atomic E-state index is -1.31. The first kappa shape index (κ1) is 22.3. The van der Waals surface area contributed by atoms with E-state index in [0.29, 0.717) is 5.56 Å². The molecule has 4 N–H and O–H groups in total. The van der Waals surface area contributed by atoms with E-state index in [2.05, 4.69) is 19.4 Å². The van der Waals surface area contributed by atoms with Crippen LogP contribution < -0.4 is 5.73 Å². The Kier molecular flexibility index (Phi) is 7.04. The molecule has 0 aliphatic heterocycles. The maximum atomic E-state index is 11.4. The minimum absolute atomic E-state index is 0.00769. The summed E-state index contributed by atoms with van der Waals surface area (Å²) in [5.74, 6) is -2.85. The quantitative estimate of drug-likeness (QED) is 0.529. The lowest BCUT2D eigenvalue weighted by Crippen LogP contribution is -2.12. The van der Waals surface area contributed by atoms with Gasteiger partial charge >= 0.3 is 17.9 Å². The molecule has 2 aromatic heterocycles. The molecule has 11 nitrogen and oxygen atoms in total. The van der Waals surface area contributed by atoms with Gasteiger partial charge in [0, 0.05) is 12.1 Å². The standard InChI is InChI=1S/C10H13NO2.C9H7N3O5/c1-7(11)8-3-5-9(6-4-8)10(12)13-2;1-17-8(16)5-2-4(7(14)15)11-9-10-3-6(13)12(5)9/h3-7H,11H2,1-2H3;2-3,13H,1H3,(H,14,15)/t7-;/m1./s1. The highest BCUT2D eigenvalue weighted by atomic mass is 16.5. The van der Waals surface area contributed by atoms with Gasteiger partial charge in [0.1, 0.15) is 5.69 Å². The summed E-state index contributed by atoms with van der Waals surface area (Å²) in [5, 5.41) is 18.3. The molecule has 30 heavy (non-hydrogen) atoms. The Morgan fingerprint density at radius 3 is 2.20 bits per heavy atom. The van der Waals surface area contributed by atoms with Gasteiger partial charge < -0.3 is 25.4 Å². The average Bonchev–Trinajstić information content (AvgIpc) is 3.13. The summed E-state index contributed by atoms with van der Waals surface area (Å²) >= 11 is 0. The van der Waals surface area contributed by atoms with E-state index in [9.17, 15) is 19.5 Å². The van der Waals surface area contributed by atoms with Crippen molar-refractivity contribution in [2.75, 3.05) is 14.2 Å². The zero-order chi connectivity index (χ0) is 22.4. The summed E-state index contributed by atoms with van der Waals surface area (Å²) in [6.07, 6.45) is 1.06. The number of benzene rings is 1. The molecule has 2 heterocycles. The van der Waals surface area contributed by atoms with Crippen LogP contribution >= 0.6 is 0 Å². The molecule has 0 saturated carbocycles. The van der Waals surface area contributed by atoms with Gasteiger partial charge in [-0.25, -0.2) is 28.8 Å². The summed E-state index contributed by atoms with van der Waals surface area (Å²) in [5.41, 5.74) is 6.69. The average molecular weight is 416 g/mol. The van der Waals surface area contributed by atoms with Crippen LogP contribution in [0.4, 0.5) is 0 Å². The zero-order valence-electron chi connectivity index (χ0n) is 16.4. The van der Waals surface area contributed by atoms with Crippen LogP contribution in [0.5, 0.6) is 5.88 Å². The van der Waals surface area contributed by atoms with Gasteiger partial charge in [-0.15, -0.1) is 0 Å². The Morgan fingerprint density at radius 2 is 1.70 bits per heavy atom. The highest BCUT2D eigenvalue weighted by Gasteiger charge is 2.19. The summed E-state index contributed by atoms with van der Waals surface area (Å²) in [7, 11) is 2.50. The molecule has 0 unspecified atom stereocenters. The smallest absolute Gasteiger partial charge is 0.355 e. The van der Waals surface area contributed by atoms with E-state index in [1.807, 2.05) is 19.1 Å². The highest BCUT2D eigenvalue weighted by molar-refractivity contribution is 5.93. The molecule has 1 aromatic carbocycles. The molecular weight excluding hydrogens is 396 g/mol. The van der Waals surface area contributed by atoms with Crippen molar-refractivity contribution in [1.29, 1.82) is 0 Å². The minimum Gasteiger partial charge on any atom is -0.493 e. The number of hydrogen-bond donors (Lipinski definition) is 3. The predicted molar refractivity (Wildman–Crippen MR) is 103 cm³/mol. The fraction of sp³-hybridized carbons (Fsp3) is 0.211. The third kappa shape index (κ3) is 4.89. The SMILES string of the molecule is COC(=O)c1cc(C(=O)O)nc2ncc(O)n12.COC(=O)c1ccc([C@@H](C)N)cc1. The van der Waals surface area contributed by atoms with Crippen molar-refractivity contribution in [3.05, 3.63) is 59.0 Å². The second kappa shape index (κ2) is 9.47. The van der Waals surface area contributed by atoms with Crippen molar-refractivity contribution in [2.24, 2.45) is 5.73 Å². The predicted octanol–water partition coefficient (Wildman–Crippen LogP) is 1.41. The van der Waals surface area contributed by atoms with Crippen LogP contribution in [0.1, 0.15) is 49.9 Å². The number of carbonyl (C=O) groups is 3. The molecule has 0 bridgehead atoms. The topological polar surface area (TPSA) is 166 Å². The van der Waals surface area contributed by atoms with Crippen LogP contribution in [0.25, 0.3) is 5.78 Å². The fourth-order valence-corrected chi connectivity index (χ4v) is 2.38. The summed E-state index contributed by atoms with van der Waals surface area (Å²) in [6, 6.07) is 8.08. The number of aromatic nitrogens is 3. The molecule has 0 amide bonds. The number of ether oxygens (including phenoxy) is 2. The summed E-state index contributed by atoms with van der Waals surface area (Å²) < 4.78 is 10.0. The van der Waals surface area contributed by atoms with E-state index in [1.165, 1.54) is 7.11 Å². The largest absolute Gasteiger partial charge is 0.493 e. The first-order valence-electron chi connectivity index (χ1n) is 8.52. The normalized spacial score (nSPS) is 11.2. The Hall–Kier alpha value is -3.99. The number of rotatable bonds is 4. The molecule has 3 rings (SSSR count). The van der Waals surface area contributed by atoms with Gasteiger partial charge in [-0.3, -0.25) is 0 Å². The van der Waals surface area contributed by atoms with Crippen LogP contribution in [0.15, 0.2) is 36.5 Å². The van der Waals surface area contributed by atoms with Crippen molar-refractivity contribution in [2.45, 2.75) is 13.0 Å². The number of carbonyl (C=O) groups excluding carboxylic acids is 2. The number of fused-ring (bicyclic) bond motifs is 1. The number of aromatic carboxylic acids is 1. The Balaban J connectivity index is 0.000000222. The van der Waals surface area contributed by atoms with E-state index in [0.717, 1.165) is 29.3 Å². The molecule has 0 spiro atoms. The van der Waals surface area contributed by atoms with E-state index in [-0.39, 0.29) is 35.1 Å². The van der Waals surface area contributed by atoms with Gasteiger partial charge in [-0.2, -0.15) is 0 Å². The number of imidazole rings is 1. The van der Waals surface area contributed by atoms with Gasteiger partial charge in [0.2, 0.25) is 11.7 Å². The van der Waals surface area contributed by atoms with E-state index in [4.69, 9.17) is 10.8 Å². The first-order chi connectivity index (χ1) is 14.2. The fourth-order valence-electron chi connectivity index (χ4n) is 2.38. The molecule has 0 aliphatic carbocycles. The molecular formula is C19H20N4O7. The van der Waals surface area contributed by atoms with Gasteiger partial charge in [0.25, 0.3) is 0 Å². The number of esters is 2. The number of carboxylic acid groups (broad SMARTS) is 1. The van der Waals surface area contributed by atoms with Crippen molar-refractivity contribution in [3.63, 3.8) is 0 Å². The monoisotopic (exact) mass is 416 g/mol. The Bertz CT molecular complexity index is 1070. The zero-order valence-corrected chi connectivity index (χ0v) is 16.4. The number of nitrogens with two attached hydrogens (primary N) is 1. The van der Waals surface area contributed by atoms with Crippen molar-refractivity contribution in [3.8, 4) is 5.88 Å². The van der Waals surface area contributed by atoms with Crippen LogP contribution in [0, 0.1) is 0 Å². The maximum absolute atomic E-state index is 11.4. The van der Waals surface area contributed by atoms with Gasteiger partial charge in [-0.05, 0) is 24.6 Å². The van der Waals surface area contributed by atoms with Crippen LogP contribution in [-0.2, 0) is 9.47 Å². The molecule has 0 fully saturated rings. The lowest BCUT2D eigenvalue weighted by atomic mass is 10.1. The maximum Gasteiger partial charge on any atom is 0.355 e. The Labute approximate surface area is 170 Å². The molecule has 0 aliphatic rings. The van der Waals surface area contributed by atoms with Crippen LogP contribution in [-0.4, -0.2) is 56.7 Å². The van der Waals surface area contributed by atoms with Gasteiger partial charge in [0.15, 0.2) is 5.69 Å². The van der Waals surface area contributed by atoms with Crippen LogP contribution in [0.3, 0.4) is 0 Å². The third-order valence-corrected chi connectivity index (χ3v) is 3.93. The second-order valence-electron chi connectivity index (χ2n) is 5.98. The lowest BCUT2D eigenvalue weighted by molar-refractivity contribution is 0.0585. The van der Waals surface area contributed by atoms with E-state index < -0.39 is 11.9 Å². The molecule has 0 saturated heterocycles. The van der Waals surface area contributed by atoms with Crippen molar-refractivity contribution < 1.29 is 34.1 Å². The lowest BCUT2D eigenvalue weighted by Gasteiger charge is -2.05. The number of nitrogens with zero attached hydrogens (tertiary/aromatic N) is 3.